The van der Waals surface area contributed by atoms with Gasteiger partial charge in [-0.3, -0.25) is 0 Å². The van der Waals surface area contributed by atoms with Gasteiger partial charge in [0.1, 0.15) is 6.33 Å². The van der Waals surface area contributed by atoms with Crippen molar-refractivity contribution in [2.75, 3.05) is 0 Å². The Kier molecular flexibility index (Phi) is 4.48. The highest BCUT2D eigenvalue weighted by Gasteiger charge is 2.42. The van der Waals surface area contributed by atoms with Crippen LogP contribution in [0.15, 0.2) is 79.1 Å². The highest BCUT2D eigenvalue weighted by atomic mass is 14.9. The minimum atomic E-state index is -0.208. The van der Waals surface area contributed by atoms with Crippen LogP contribution in [0.25, 0.3) is 44.1 Å². The highest BCUT2D eigenvalue weighted by Crippen LogP contribution is 2.54. The van der Waals surface area contributed by atoms with Crippen LogP contribution in [0, 0.1) is 5.41 Å². The van der Waals surface area contributed by atoms with E-state index >= 15 is 0 Å². The van der Waals surface area contributed by atoms with Crippen LogP contribution in [0.5, 0.6) is 0 Å². The molecule has 2 nitrogen and oxygen atoms in total. The topological polar surface area (TPSA) is 25.8 Å². The third-order valence-corrected chi connectivity index (χ3v) is 7.21. The summed E-state index contributed by atoms with van der Waals surface area (Å²) in [5.74, 6) is 0. The smallest absolute Gasteiger partial charge is 0.116 e. The standard InChI is InChI=1S/C32H30N2/c1-31(2,3)18-24-17-22-12-8-9-13-25(22)27-26(24)30-28(32(27,4)5)29(33-19-34-30)23-15-14-20-10-6-7-11-21(20)16-23/h6-17,19H,18H2,1-5H3. The minimum Gasteiger partial charge on any atom is -0.236 e. The van der Waals surface area contributed by atoms with Crippen LogP contribution in [-0.2, 0) is 11.8 Å². The zero-order valence-electron chi connectivity index (χ0n) is 20.6. The summed E-state index contributed by atoms with van der Waals surface area (Å²) in [4.78, 5) is 9.81. The largest absolute Gasteiger partial charge is 0.236 e. The van der Waals surface area contributed by atoms with Gasteiger partial charge in [0.15, 0.2) is 0 Å². The van der Waals surface area contributed by atoms with E-state index in [1.54, 1.807) is 6.33 Å². The summed E-state index contributed by atoms with van der Waals surface area (Å²) in [5.41, 5.74) is 8.60. The van der Waals surface area contributed by atoms with Crippen molar-refractivity contribution in [3.8, 4) is 22.5 Å². The zero-order valence-corrected chi connectivity index (χ0v) is 20.6. The molecule has 0 N–H and O–H groups in total. The van der Waals surface area contributed by atoms with Crippen molar-refractivity contribution in [1.82, 2.24) is 9.97 Å². The van der Waals surface area contributed by atoms with Gasteiger partial charge in [-0.1, -0.05) is 101 Å². The molecule has 5 aromatic rings. The van der Waals surface area contributed by atoms with Gasteiger partial charge in [-0.15, -0.1) is 0 Å². The maximum atomic E-state index is 4.93. The molecule has 0 saturated heterocycles. The number of aromatic nitrogens is 2. The molecule has 2 heteroatoms. The third-order valence-electron chi connectivity index (χ3n) is 7.21. The molecule has 0 bridgehead atoms. The summed E-state index contributed by atoms with van der Waals surface area (Å²) in [7, 11) is 0. The molecule has 0 amide bonds. The number of nitrogens with zero attached hydrogens (tertiary/aromatic N) is 2. The summed E-state index contributed by atoms with van der Waals surface area (Å²) in [6.45, 7) is 11.6. The minimum absolute atomic E-state index is 0.178. The molecule has 1 aromatic heterocycles. The van der Waals surface area contributed by atoms with Crippen LogP contribution >= 0.6 is 0 Å². The Morgan fingerprint density at radius 3 is 2.15 bits per heavy atom. The Morgan fingerprint density at radius 1 is 0.706 bits per heavy atom. The maximum Gasteiger partial charge on any atom is 0.116 e. The summed E-state index contributed by atoms with van der Waals surface area (Å²) < 4.78 is 0. The molecule has 0 unspecified atom stereocenters. The average Bonchev–Trinajstić information content (AvgIpc) is 3.06. The lowest BCUT2D eigenvalue weighted by Gasteiger charge is -2.26. The molecule has 1 aliphatic carbocycles. The normalized spacial score (nSPS) is 14.4. The van der Waals surface area contributed by atoms with Crippen molar-refractivity contribution >= 4 is 21.5 Å². The SMILES string of the molecule is CC(C)(C)Cc1cc2ccccc2c2c1-c1ncnc(-c3ccc4ccccc4c3)c1C2(C)C. The van der Waals surface area contributed by atoms with Gasteiger partial charge in [0.25, 0.3) is 0 Å². The van der Waals surface area contributed by atoms with E-state index in [2.05, 4.69) is 107 Å². The molecular formula is C32H30N2. The van der Waals surface area contributed by atoms with Crippen LogP contribution in [0.1, 0.15) is 51.3 Å². The van der Waals surface area contributed by atoms with Crippen LogP contribution in [0.4, 0.5) is 0 Å². The van der Waals surface area contributed by atoms with E-state index in [9.17, 15) is 0 Å². The van der Waals surface area contributed by atoms with Gasteiger partial charge in [0, 0.05) is 22.1 Å². The Hall–Kier alpha value is -3.52. The molecule has 4 aromatic carbocycles. The van der Waals surface area contributed by atoms with E-state index < -0.39 is 0 Å². The van der Waals surface area contributed by atoms with Gasteiger partial charge >= 0.3 is 0 Å². The predicted molar refractivity (Wildman–Crippen MR) is 143 cm³/mol. The Bertz CT molecular complexity index is 1580. The quantitative estimate of drug-likeness (QED) is 0.274. The maximum absolute atomic E-state index is 4.93. The van der Waals surface area contributed by atoms with Gasteiger partial charge < -0.3 is 0 Å². The van der Waals surface area contributed by atoms with E-state index in [-0.39, 0.29) is 10.8 Å². The molecule has 34 heavy (non-hydrogen) atoms. The Morgan fingerprint density at radius 2 is 1.38 bits per heavy atom. The van der Waals surface area contributed by atoms with Gasteiger partial charge in [-0.2, -0.15) is 0 Å². The molecule has 0 spiro atoms. The number of fused-ring (bicyclic) bond motifs is 6. The molecule has 0 radical (unpaired) electrons. The first-order chi connectivity index (χ1) is 16.2. The summed E-state index contributed by atoms with van der Waals surface area (Å²) in [6, 6.07) is 26.4. The molecule has 6 rings (SSSR count). The first-order valence-electron chi connectivity index (χ1n) is 12.1. The van der Waals surface area contributed by atoms with E-state index in [1.165, 1.54) is 43.8 Å². The molecule has 168 valence electrons. The average molecular weight is 443 g/mol. The molecule has 1 aliphatic rings. The third kappa shape index (κ3) is 3.16. The lowest BCUT2D eigenvalue weighted by molar-refractivity contribution is 0.412. The number of rotatable bonds is 2. The van der Waals surface area contributed by atoms with Crippen LogP contribution < -0.4 is 0 Å². The van der Waals surface area contributed by atoms with Crippen molar-refractivity contribution in [1.29, 1.82) is 0 Å². The molecular weight excluding hydrogens is 412 g/mol. The molecule has 0 fully saturated rings. The van der Waals surface area contributed by atoms with Gasteiger partial charge in [-0.05, 0) is 50.6 Å². The first-order valence-corrected chi connectivity index (χ1v) is 12.1. The Labute approximate surface area is 201 Å². The summed E-state index contributed by atoms with van der Waals surface area (Å²) >= 11 is 0. The molecule has 0 atom stereocenters. The van der Waals surface area contributed by atoms with Crippen molar-refractivity contribution in [2.45, 2.75) is 46.5 Å². The van der Waals surface area contributed by atoms with Crippen molar-refractivity contribution in [2.24, 2.45) is 5.41 Å². The Balaban J connectivity index is 1.67. The van der Waals surface area contributed by atoms with E-state index in [4.69, 9.17) is 9.97 Å². The predicted octanol–water partition coefficient (Wildman–Crippen LogP) is 8.34. The van der Waals surface area contributed by atoms with Crippen LogP contribution in [0.2, 0.25) is 0 Å². The molecule has 1 heterocycles. The fraction of sp³-hybridized carbons (Fsp3) is 0.250. The molecule has 0 aliphatic heterocycles. The van der Waals surface area contributed by atoms with Crippen LogP contribution in [0.3, 0.4) is 0 Å². The van der Waals surface area contributed by atoms with Crippen LogP contribution in [-0.4, -0.2) is 9.97 Å². The van der Waals surface area contributed by atoms with Gasteiger partial charge in [-0.25, -0.2) is 9.97 Å². The number of hydrogen-bond donors (Lipinski definition) is 0. The number of benzene rings is 4. The van der Waals surface area contributed by atoms with E-state index in [0.717, 1.165) is 23.4 Å². The fourth-order valence-electron chi connectivity index (χ4n) is 5.88. The summed E-state index contributed by atoms with van der Waals surface area (Å²) in [5, 5.41) is 5.11. The first kappa shape index (κ1) is 21.0. The lowest BCUT2D eigenvalue weighted by atomic mass is 9.77. The van der Waals surface area contributed by atoms with Crippen molar-refractivity contribution < 1.29 is 0 Å². The monoisotopic (exact) mass is 442 g/mol. The fourth-order valence-corrected chi connectivity index (χ4v) is 5.88. The number of hydrogen-bond acceptors (Lipinski definition) is 2. The van der Waals surface area contributed by atoms with E-state index in [0.29, 0.717) is 0 Å². The van der Waals surface area contributed by atoms with E-state index in [1.807, 2.05) is 0 Å². The van der Waals surface area contributed by atoms with Gasteiger partial charge in [0.2, 0.25) is 0 Å². The second-order valence-electron chi connectivity index (χ2n) is 11.4. The van der Waals surface area contributed by atoms with Crippen molar-refractivity contribution in [3.63, 3.8) is 0 Å². The van der Waals surface area contributed by atoms with Crippen molar-refractivity contribution in [3.05, 3.63) is 95.8 Å². The highest BCUT2D eigenvalue weighted by molar-refractivity contribution is 6.00. The lowest BCUT2D eigenvalue weighted by Crippen LogP contribution is -2.18. The second-order valence-corrected chi connectivity index (χ2v) is 11.4. The van der Waals surface area contributed by atoms with Gasteiger partial charge in [0.05, 0.1) is 11.4 Å². The second kappa shape index (κ2) is 7.24. The summed E-state index contributed by atoms with van der Waals surface area (Å²) in [6.07, 6.45) is 2.76. The zero-order chi connectivity index (χ0) is 23.7. The molecule has 0 saturated carbocycles.